The van der Waals surface area contributed by atoms with Crippen LogP contribution in [0.5, 0.6) is 5.88 Å². The molecule has 0 aromatic carbocycles. The number of nitrogens with one attached hydrogen (secondary N) is 1. The lowest BCUT2D eigenvalue weighted by atomic mass is 9.90. The number of ether oxygens (including phenoxy) is 1. The second-order valence-corrected chi connectivity index (χ2v) is 6.46. The molecule has 0 atom stereocenters. The molecule has 116 valence electrons. The van der Waals surface area contributed by atoms with Gasteiger partial charge in [-0.3, -0.25) is 4.79 Å². The van der Waals surface area contributed by atoms with Crippen molar-refractivity contribution in [2.75, 3.05) is 19.8 Å². The maximum absolute atomic E-state index is 12.0. The maximum Gasteiger partial charge on any atom is 0.252 e. The van der Waals surface area contributed by atoms with Crippen molar-refractivity contribution in [3.05, 3.63) is 23.9 Å². The molecular formula is C16H24N2O3. The number of carbonyl (C=O) groups is 1. The minimum Gasteiger partial charge on any atom is -0.477 e. The lowest BCUT2D eigenvalue weighted by molar-refractivity contribution is 0.0927. The third-order valence-corrected chi connectivity index (χ3v) is 3.68. The standard InChI is InChI=1S/C16H24N2O3/c1-16(2,7-8-19)11-18-15(20)13-5-6-14(17-9-13)21-10-12-3-4-12/h5-6,9,12,19H,3-4,7-8,10-11H2,1-2H3,(H,18,20). The van der Waals surface area contributed by atoms with Crippen LogP contribution >= 0.6 is 0 Å². The van der Waals surface area contributed by atoms with E-state index in [9.17, 15) is 4.79 Å². The van der Waals surface area contributed by atoms with Crippen molar-refractivity contribution >= 4 is 5.91 Å². The monoisotopic (exact) mass is 292 g/mol. The molecular weight excluding hydrogens is 268 g/mol. The van der Waals surface area contributed by atoms with E-state index < -0.39 is 0 Å². The van der Waals surface area contributed by atoms with E-state index in [1.807, 2.05) is 13.8 Å². The number of pyridine rings is 1. The fourth-order valence-electron chi connectivity index (χ4n) is 1.90. The molecule has 1 aliphatic carbocycles. The predicted octanol–water partition coefficient (Wildman–Crippen LogP) is 2.01. The summed E-state index contributed by atoms with van der Waals surface area (Å²) in [6.45, 7) is 5.38. The van der Waals surface area contributed by atoms with Crippen LogP contribution in [0.1, 0.15) is 43.5 Å². The number of carbonyl (C=O) groups excluding carboxylic acids is 1. The van der Waals surface area contributed by atoms with Crippen LogP contribution in [0.4, 0.5) is 0 Å². The molecule has 1 heterocycles. The third-order valence-electron chi connectivity index (χ3n) is 3.68. The number of nitrogens with zero attached hydrogens (tertiary/aromatic N) is 1. The lowest BCUT2D eigenvalue weighted by Crippen LogP contribution is -2.34. The topological polar surface area (TPSA) is 71.5 Å². The van der Waals surface area contributed by atoms with E-state index in [0.717, 1.165) is 0 Å². The van der Waals surface area contributed by atoms with Crippen molar-refractivity contribution in [2.45, 2.75) is 33.1 Å². The van der Waals surface area contributed by atoms with Crippen LogP contribution in [-0.4, -0.2) is 35.8 Å². The van der Waals surface area contributed by atoms with Crippen LogP contribution in [0.2, 0.25) is 0 Å². The molecule has 2 N–H and O–H groups in total. The van der Waals surface area contributed by atoms with Crippen LogP contribution in [0.3, 0.4) is 0 Å². The summed E-state index contributed by atoms with van der Waals surface area (Å²) in [6, 6.07) is 3.46. The Balaban J connectivity index is 1.81. The fraction of sp³-hybridized carbons (Fsp3) is 0.625. The van der Waals surface area contributed by atoms with Gasteiger partial charge >= 0.3 is 0 Å². The highest BCUT2D eigenvalue weighted by Gasteiger charge is 2.22. The smallest absolute Gasteiger partial charge is 0.252 e. The summed E-state index contributed by atoms with van der Waals surface area (Å²) in [5.41, 5.74) is 0.402. The number of aromatic nitrogens is 1. The zero-order valence-electron chi connectivity index (χ0n) is 12.8. The first-order valence-corrected chi connectivity index (χ1v) is 7.48. The molecule has 0 aliphatic heterocycles. The van der Waals surface area contributed by atoms with Crippen LogP contribution in [-0.2, 0) is 0 Å². The lowest BCUT2D eigenvalue weighted by Gasteiger charge is -2.23. The van der Waals surface area contributed by atoms with Crippen molar-refractivity contribution < 1.29 is 14.6 Å². The van der Waals surface area contributed by atoms with Gasteiger partial charge in [0.1, 0.15) is 0 Å². The number of hydrogen-bond donors (Lipinski definition) is 2. The van der Waals surface area contributed by atoms with E-state index in [0.29, 0.717) is 36.9 Å². The van der Waals surface area contributed by atoms with Gasteiger partial charge in [-0.1, -0.05) is 13.8 Å². The second kappa shape index (κ2) is 6.89. The van der Waals surface area contributed by atoms with Crippen LogP contribution < -0.4 is 10.1 Å². The molecule has 0 radical (unpaired) electrons. The van der Waals surface area contributed by atoms with Gasteiger partial charge < -0.3 is 15.2 Å². The number of rotatable bonds is 8. The molecule has 5 heteroatoms. The first kappa shape index (κ1) is 15.8. The first-order valence-electron chi connectivity index (χ1n) is 7.48. The summed E-state index contributed by atoms with van der Waals surface area (Å²) in [5.74, 6) is 1.10. The summed E-state index contributed by atoms with van der Waals surface area (Å²) in [4.78, 5) is 16.2. The molecule has 1 amide bonds. The van der Waals surface area contributed by atoms with Gasteiger partial charge in [-0.2, -0.15) is 0 Å². The molecule has 0 saturated heterocycles. The van der Waals surface area contributed by atoms with Crippen molar-refractivity contribution in [3.63, 3.8) is 0 Å². The zero-order chi connectivity index (χ0) is 15.3. The normalized spacial score (nSPS) is 14.8. The van der Waals surface area contributed by atoms with Gasteiger partial charge in [-0.15, -0.1) is 0 Å². The molecule has 5 nitrogen and oxygen atoms in total. The summed E-state index contributed by atoms with van der Waals surface area (Å²) in [7, 11) is 0. The van der Waals surface area contributed by atoms with Crippen molar-refractivity contribution in [3.8, 4) is 5.88 Å². The van der Waals surface area contributed by atoms with Gasteiger partial charge in [0.25, 0.3) is 5.91 Å². The molecule has 1 aromatic rings. The summed E-state index contributed by atoms with van der Waals surface area (Å²) in [5, 5.41) is 11.8. The molecule has 0 spiro atoms. The molecule has 2 rings (SSSR count). The summed E-state index contributed by atoms with van der Waals surface area (Å²) >= 11 is 0. The number of hydrogen-bond acceptors (Lipinski definition) is 4. The van der Waals surface area contributed by atoms with E-state index >= 15 is 0 Å². The second-order valence-electron chi connectivity index (χ2n) is 6.46. The molecule has 21 heavy (non-hydrogen) atoms. The molecule has 1 saturated carbocycles. The van der Waals surface area contributed by atoms with E-state index in [-0.39, 0.29) is 17.9 Å². The van der Waals surface area contributed by atoms with Crippen LogP contribution in [0, 0.1) is 11.3 Å². The number of amides is 1. The predicted molar refractivity (Wildman–Crippen MR) is 80.3 cm³/mol. The highest BCUT2D eigenvalue weighted by atomic mass is 16.5. The molecule has 0 unspecified atom stereocenters. The number of aliphatic hydroxyl groups is 1. The van der Waals surface area contributed by atoms with Crippen molar-refractivity contribution in [1.29, 1.82) is 0 Å². The Bertz CT molecular complexity index is 467. The van der Waals surface area contributed by atoms with Gasteiger partial charge in [-0.05, 0) is 36.7 Å². The van der Waals surface area contributed by atoms with Gasteiger partial charge in [-0.25, -0.2) is 4.98 Å². The minimum absolute atomic E-state index is 0.120. The SMILES string of the molecule is CC(C)(CCO)CNC(=O)c1ccc(OCC2CC2)nc1. The van der Waals surface area contributed by atoms with Crippen molar-refractivity contribution in [2.24, 2.45) is 11.3 Å². The van der Waals surface area contributed by atoms with E-state index in [2.05, 4.69) is 10.3 Å². The average Bonchev–Trinajstić information content (AvgIpc) is 3.27. The van der Waals surface area contributed by atoms with E-state index in [1.165, 1.54) is 19.0 Å². The Kier molecular flexibility index (Phi) is 5.17. The van der Waals surface area contributed by atoms with Crippen molar-refractivity contribution in [1.82, 2.24) is 10.3 Å². The zero-order valence-corrected chi connectivity index (χ0v) is 12.8. The fourth-order valence-corrected chi connectivity index (χ4v) is 1.90. The Morgan fingerprint density at radius 2 is 2.24 bits per heavy atom. The Hall–Kier alpha value is -1.62. The molecule has 1 fully saturated rings. The largest absolute Gasteiger partial charge is 0.477 e. The van der Waals surface area contributed by atoms with Gasteiger partial charge in [0.05, 0.1) is 12.2 Å². The van der Waals surface area contributed by atoms with Gasteiger partial charge in [0.2, 0.25) is 5.88 Å². The highest BCUT2D eigenvalue weighted by Crippen LogP contribution is 2.29. The molecule has 0 bridgehead atoms. The average molecular weight is 292 g/mol. The highest BCUT2D eigenvalue weighted by molar-refractivity contribution is 5.93. The summed E-state index contributed by atoms with van der Waals surface area (Å²) in [6.07, 6.45) is 4.67. The van der Waals surface area contributed by atoms with Gasteiger partial charge in [0, 0.05) is 25.4 Å². The molecule has 1 aliphatic rings. The van der Waals surface area contributed by atoms with Crippen LogP contribution in [0.15, 0.2) is 18.3 Å². The van der Waals surface area contributed by atoms with Gasteiger partial charge in [0.15, 0.2) is 0 Å². The Morgan fingerprint density at radius 1 is 1.48 bits per heavy atom. The van der Waals surface area contributed by atoms with Crippen LogP contribution in [0.25, 0.3) is 0 Å². The maximum atomic E-state index is 12.0. The Morgan fingerprint density at radius 3 is 2.81 bits per heavy atom. The first-order chi connectivity index (χ1) is 10.00. The third kappa shape index (κ3) is 5.34. The van der Waals surface area contributed by atoms with E-state index in [4.69, 9.17) is 9.84 Å². The Labute approximate surface area is 125 Å². The van der Waals surface area contributed by atoms with E-state index in [1.54, 1.807) is 12.1 Å². The number of aliphatic hydroxyl groups excluding tert-OH is 1. The molecule has 1 aromatic heterocycles. The minimum atomic E-state index is -0.151. The summed E-state index contributed by atoms with van der Waals surface area (Å²) < 4.78 is 5.54. The quantitative estimate of drug-likeness (QED) is 0.769.